The minimum atomic E-state index is -0.326. The molecule has 0 fully saturated rings. The molecule has 1 N–H and O–H groups in total. The summed E-state index contributed by atoms with van der Waals surface area (Å²) in [6.07, 6.45) is 0.848. The van der Waals surface area contributed by atoms with Crippen molar-refractivity contribution in [3.8, 4) is 6.07 Å². The maximum Gasteiger partial charge on any atom is 0.258 e. The van der Waals surface area contributed by atoms with Crippen LogP contribution in [-0.4, -0.2) is 18.4 Å². The SMILES string of the molecule is N#Cc1ccccc1NC(=O)c1ccc(C(=O)N2CCc3ccccc32)cc1. The van der Waals surface area contributed by atoms with E-state index in [4.69, 9.17) is 5.26 Å². The lowest BCUT2D eigenvalue weighted by Gasteiger charge is -2.17. The fourth-order valence-corrected chi connectivity index (χ4v) is 3.35. The van der Waals surface area contributed by atoms with Gasteiger partial charge in [-0.15, -0.1) is 0 Å². The number of fused-ring (bicyclic) bond motifs is 1. The molecular formula is C23H17N3O2. The van der Waals surface area contributed by atoms with E-state index in [2.05, 4.69) is 11.4 Å². The van der Waals surface area contributed by atoms with Gasteiger partial charge in [-0.1, -0.05) is 30.3 Å². The molecule has 0 spiro atoms. The van der Waals surface area contributed by atoms with Crippen LogP contribution in [0.1, 0.15) is 31.8 Å². The van der Waals surface area contributed by atoms with Gasteiger partial charge in [-0.2, -0.15) is 5.26 Å². The first-order valence-electron chi connectivity index (χ1n) is 8.97. The lowest BCUT2D eigenvalue weighted by atomic mass is 10.1. The van der Waals surface area contributed by atoms with E-state index in [0.717, 1.165) is 12.1 Å². The maximum atomic E-state index is 12.9. The van der Waals surface area contributed by atoms with Crippen LogP contribution >= 0.6 is 0 Å². The van der Waals surface area contributed by atoms with E-state index in [1.807, 2.05) is 24.3 Å². The molecule has 136 valence electrons. The summed E-state index contributed by atoms with van der Waals surface area (Å²) in [5.74, 6) is -0.403. The topological polar surface area (TPSA) is 73.2 Å². The van der Waals surface area contributed by atoms with Gasteiger partial charge in [0.05, 0.1) is 11.3 Å². The summed E-state index contributed by atoms with van der Waals surface area (Å²) in [7, 11) is 0. The van der Waals surface area contributed by atoms with E-state index in [-0.39, 0.29) is 11.8 Å². The Morgan fingerprint density at radius 2 is 1.57 bits per heavy atom. The molecule has 0 saturated heterocycles. The predicted octanol–water partition coefficient (Wildman–Crippen LogP) is 4.01. The zero-order chi connectivity index (χ0) is 19.5. The largest absolute Gasteiger partial charge is 0.321 e. The molecule has 0 unspecified atom stereocenters. The standard InChI is InChI=1S/C23H17N3O2/c24-15-19-6-1-3-7-20(19)25-22(27)17-9-11-18(12-10-17)23(28)26-14-13-16-5-2-4-8-21(16)26/h1-12H,13-14H2,(H,25,27). The molecule has 1 aliphatic rings. The lowest BCUT2D eigenvalue weighted by Crippen LogP contribution is -2.28. The van der Waals surface area contributed by atoms with Crippen LogP contribution in [0.2, 0.25) is 0 Å². The quantitative estimate of drug-likeness (QED) is 0.760. The number of carbonyl (C=O) groups is 2. The smallest absolute Gasteiger partial charge is 0.258 e. The van der Waals surface area contributed by atoms with E-state index in [1.165, 1.54) is 5.56 Å². The number of nitrogens with zero attached hydrogens (tertiary/aromatic N) is 2. The molecule has 5 nitrogen and oxygen atoms in total. The van der Waals surface area contributed by atoms with Crippen molar-refractivity contribution in [2.45, 2.75) is 6.42 Å². The average molecular weight is 367 g/mol. The monoisotopic (exact) mass is 367 g/mol. The third-order valence-corrected chi connectivity index (χ3v) is 4.82. The van der Waals surface area contributed by atoms with E-state index in [9.17, 15) is 9.59 Å². The highest BCUT2D eigenvalue weighted by molar-refractivity contribution is 6.09. The number of nitriles is 1. The van der Waals surface area contributed by atoms with Crippen molar-refractivity contribution >= 4 is 23.2 Å². The number of nitrogens with one attached hydrogen (secondary N) is 1. The van der Waals surface area contributed by atoms with Gasteiger partial charge < -0.3 is 10.2 Å². The van der Waals surface area contributed by atoms with Gasteiger partial charge in [-0.3, -0.25) is 9.59 Å². The fraction of sp³-hybridized carbons (Fsp3) is 0.0870. The molecule has 1 heterocycles. The lowest BCUT2D eigenvalue weighted by molar-refractivity contribution is 0.0986. The van der Waals surface area contributed by atoms with Crippen molar-refractivity contribution in [2.24, 2.45) is 0 Å². The predicted molar refractivity (Wildman–Crippen MR) is 107 cm³/mol. The molecule has 5 heteroatoms. The molecule has 28 heavy (non-hydrogen) atoms. The maximum absolute atomic E-state index is 12.9. The Morgan fingerprint density at radius 1 is 0.893 bits per heavy atom. The van der Waals surface area contributed by atoms with Crippen LogP contribution < -0.4 is 10.2 Å². The molecule has 0 radical (unpaired) electrons. The van der Waals surface area contributed by atoms with E-state index in [1.54, 1.807) is 53.4 Å². The van der Waals surface area contributed by atoms with Gasteiger partial charge in [0.25, 0.3) is 11.8 Å². The van der Waals surface area contributed by atoms with Crippen LogP contribution in [0, 0.1) is 11.3 Å². The van der Waals surface area contributed by atoms with Crippen LogP contribution in [-0.2, 0) is 6.42 Å². The molecule has 3 aromatic rings. The van der Waals surface area contributed by atoms with Crippen molar-refractivity contribution in [3.63, 3.8) is 0 Å². The second-order valence-electron chi connectivity index (χ2n) is 6.52. The Bertz CT molecular complexity index is 1100. The normalized spacial score (nSPS) is 12.2. The first-order chi connectivity index (χ1) is 13.7. The van der Waals surface area contributed by atoms with Gasteiger partial charge in [0.1, 0.15) is 6.07 Å². The number of anilines is 2. The number of amides is 2. The minimum absolute atomic E-state index is 0.0771. The fourth-order valence-electron chi connectivity index (χ4n) is 3.35. The zero-order valence-corrected chi connectivity index (χ0v) is 15.1. The summed E-state index contributed by atoms with van der Waals surface area (Å²) in [5.41, 5.74) is 3.93. The van der Waals surface area contributed by atoms with Gasteiger partial charge in [0, 0.05) is 23.4 Å². The van der Waals surface area contributed by atoms with Gasteiger partial charge >= 0.3 is 0 Å². The zero-order valence-electron chi connectivity index (χ0n) is 15.1. The molecule has 3 aromatic carbocycles. The molecule has 0 bridgehead atoms. The Morgan fingerprint density at radius 3 is 2.36 bits per heavy atom. The van der Waals surface area contributed by atoms with Gasteiger partial charge in [0.15, 0.2) is 0 Å². The molecule has 0 aromatic heterocycles. The van der Waals surface area contributed by atoms with Crippen molar-refractivity contribution in [2.75, 3.05) is 16.8 Å². The van der Waals surface area contributed by atoms with E-state index >= 15 is 0 Å². The van der Waals surface area contributed by atoms with Crippen LogP contribution in [0.5, 0.6) is 0 Å². The Hall–Kier alpha value is -3.91. The highest BCUT2D eigenvalue weighted by atomic mass is 16.2. The summed E-state index contributed by atoms with van der Waals surface area (Å²) in [6.45, 7) is 0.658. The van der Waals surface area contributed by atoms with Crippen molar-refractivity contribution in [1.29, 1.82) is 5.26 Å². The average Bonchev–Trinajstić information content (AvgIpc) is 3.18. The number of carbonyl (C=O) groups excluding carboxylic acids is 2. The van der Waals surface area contributed by atoms with Crippen molar-refractivity contribution < 1.29 is 9.59 Å². The molecular weight excluding hydrogens is 350 g/mol. The van der Waals surface area contributed by atoms with Crippen LogP contribution in [0.3, 0.4) is 0 Å². The summed E-state index contributed by atoms with van der Waals surface area (Å²) < 4.78 is 0. The summed E-state index contributed by atoms with van der Waals surface area (Å²) in [6, 6.07) is 23.3. The number of hydrogen-bond acceptors (Lipinski definition) is 3. The number of para-hydroxylation sites is 2. The molecule has 0 saturated carbocycles. The summed E-state index contributed by atoms with van der Waals surface area (Å²) in [4.78, 5) is 27.1. The van der Waals surface area contributed by atoms with Crippen molar-refractivity contribution in [1.82, 2.24) is 0 Å². The number of hydrogen-bond donors (Lipinski definition) is 1. The van der Waals surface area contributed by atoms with Crippen LogP contribution in [0.15, 0.2) is 72.8 Å². The number of benzene rings is 3. The third-order valence-electron chi connectivity index (χ3n) is 4.82. The first-order valence-corrected chi connectivity index (χ1v) is 8.97. The Kier molecular flexibility index (Phi) is 4.61. The van der Waals surface area contributed by atoms with Crippen LogP contribution in [0.25, 0.3) is 0 Å². The Balaban J connectivity index is 1.51. The second kappa shape index (κ2) is 7.37. The first kappa shape index (κ1) is 17.5. The van der Waals surface area contributed by atoms with Crippen LogP contribution in [0.4, 0.5) is 11.4 Å². The summed E-state index contributed by atoms with van der Waals surface area (Å²) >= 11 is 0. The third kappa shape index (κ3) is 3.24. The molecule has 0 aliphatic carbocycles. The van der Waals surface area contributed by atoms with E-state index in [0.29, 0.717) is 28.9 Å². The van der Waals surface area contributed by atoms with Gasteiger partial charge in [0.2, 0.25) is 0 Å². The molecule has 4 rings (SSSR count). The molecule has 2 amide bonds. The van der Waals surface area contributed by atoms with Crippen molar-refractivity contribution in [3.05, 3.63) is 95.1 Å². The number of rotatable bonds is 3. The molecule has 0 atom stereocenters. The van der Waals surface area contributed by atoms with E-state index < -0.39 is 0 Å². The Labute approximate surface area is 162 Å². The second-order valence-corrected chi connectivity index (χ2v) is 6.52. The highest BCUT2D eigenvalue weighted by Crippen LogP contribution is 2.28. The molecule has 1 aliphatic heterocycles. The van der Waals surface area contributed by atoms with Gasteiger partial charge in [-0.25, -0.2) is 0 Å². The summed E-state index contributed by atoms with van der Waals surface area (Å²) in [5, 5.41) is 11.9. The van der Waals surface area contributed by atoms with Gasteiger partial charge in [-0.05, 0) is 54.4 Å². The highest BCUT2D eigenvalue weighted by Gasteiger charge is 2.25. The minimum Gasteiger partial charge on any atom is -0.321 e.